The molecule has 0 N–H and O–H groups in total. The first kappa shape index (κ1) is 20.4. The van der Waals surface area contributed by atoms with Crippen LogP contribution in [0.25, 0.3) is 0 Å². The summed E-state index contributed by atoms with van der Waals surface area (Å²) in [6.45, 7) is 4.97. The summed E-state index contributed by atoms with van der Waals surface area (Å²) in [7, 11) is 5.32. The maximum absolute atomic E-state index is 6.56. The van der Waals surface area contributed by atoms with Crippen molar-refractivity contribution in [3.63, 3.8) is 0 Å². The molecule has 2 aromatic carbocycles. The molecule has 2 heterocycles. The largest absolute Gasteiger partial charge is 0.493 e. The second-order valence-electron chi connectivity index (χ2n) is 8.20. The lowest BCUT2D eigenvalue weighted by molar-refractivity contribution is -0.209. The van der Waals surface area contributed by atoms with E-state index < -0.39 is 5.60 Å². The zero-order valence-corrected chi connectivity index (χ0v) is 18.3. The second-order valence-corrected chi connectivity index (χ2v) is 8.20. The van der Waals surface area contributed by atoms with Crippen LogP contribution in [0.2, 0.25) is 0 Å². The van der Waals surface area contributed by atoms with Crippen molar-refractivity contribution in [2.24, 2.45) is 0 Å². The number of hydrogen-bond acceptors (Lipinski definition) is 5. The Morgan fingerprint density at radius 3 is 2.37 bits per heavy atom. The zero-order valence-electron chi connectivity index (χ0n) is 18.3. The lowest BCUT2D eigenvalue weighted by Crippen LogP contribution is -2.41. The predicted molar refractivity (Wildman–Crippen MR) is 115 cm³/mol. The Labute approximate surface area is 178 Å². The Morgan fingerprint density at radius 1 is 1.03 bits per heavy atom. The maximum Gasteiger partial charge on any atom is 0.161 e. The van der Waals surface area contributed by atoms with Crippen LogP contribution < -0.4 is 9.47 Å². The molecule has 1 aliphatic heterocycles. The van der Waals surface area contributed by atoms with Crippen molar-refractivity contribution in [3.8, 4) is 11.5 Å². The fourth-order valence-electron chi connectivity index (χ4n) is 4.49. The topological polar surface area (TPSA) is 48.8 Å². The van der Waals surface area contributed by atoms with Crippen molar-refractivity contribution in [2.75, 3.05) is 21.3 Å². The van der Waals surface area contributed by atoms with Crippen LogP contribution in [0.5, 0.6) is 11.5 Å². The molecule has 6 nitrogen and oxygen atoms in total. The molecular weight excluding hydrogens is 378 g/mol. The van der Waals surface area contributed by atoms with E-state index in [1.807, 2.05) is 43.0 Å². The summed E-state index contributed by atoms with van der Waals surface area (Å²) in [5, 5.41) is 2.01. The fourth-order valence-corrected chi connectivity index (χ4v) is 4.49. The van der Waals surface area contributed by atoms with Crippen molar-refractivity contribution in [1.29, 1.82) is 0 Å². The molecule has 2 atom stereocenters. The van der Waals surface area contributed by atoms with E-state index in [4.69, 9.17) is 14.3 Å². The second kappa shape index (κ2) is 7.78. The van der Waals surface area contributed by atoms with E-state index in [2.05, 4.69) is 53.7 Å². The smallest absolute Gasteiger partial charge is 0.161 e. The van der Waals surface area contributed by atoms with Crippen molar-refractivity contribution in [3.05, 3.63) is 77.9 Å². The summed E-state index contributed by atoms with van der Waals surface area (Å²) < 4.78 is 13.1. The molecule has 4 rings (SSSR count). The van der Waals surface area contributed by atoms with E-state index in [-0.39, 0.29) is 5.54 Å². The van der Waals surface area contributed by atoms with Gasteiger partial charge in [0.15, 0.2) is 11.5 Å². The molecule has 1 fully saturated rings. The molecule has 0 radical (unpaired) electrons. The summed E-state index contributed by atoms with van der Waals surface area (Å²) in [5.41, 5.74) is 2.62. The number of hydroxylamine groups is 2. The maximum atomic E-state index is 6.56. The molecule has 1 saturated heterocycles. The van der Waals surface area contributed by atoms with Crippen molar-refractivity contribution in [1.82, 2.24) is 14.6 Å². The molecule has 6 heteroatoms. The first-order valence-electron chi connectivity index (χ1n) is 10.1. The van der Waals surface area contributed by atoms with Crippen LogP contribution in [-0.2, 0) is 22.5 Å². The number of rotatable bonds is 6. The van der Waals surface area contributed by atoms with Crippen LogP contribution >= 0.6 is 0 Å². The molecule has 0 amide bonds. The van der Waals surface area contributed by atoms with Crippen LogP contribution in [0.1, 0.15) is 30.0 Å². The van der Waals surface area contributed by atoms with Gasteiger partial charge in [-0.05, 0) is 37.1 Å². The van der Waals surface area contributed by atoms with Gasteiger partial charge in [-0.2, -0.15) is 5.06 Å². The van der Waals surface area contributed by atoms with Crippen LogP contribution in [-0.4, -0.2) is 35.9 Å². The van der Waals surface area contributed by atoms with Crippen LogP contribution in [0.4, 0.5) is 0 Å². The van der Waals surface area contributed by atoms with Gasteiger partial charge >= 0.3 is 0 Å². The molecule has 30 heavy (non-hydrogen) atoms. The number of aryl methyl sites for hydroxylation is 1. The molecule has 158 valence electrons. The average Bonchev–Trinajstić information content (AvgIpc) is 3.34. The zero-order chi connectivity index (χ0) is 21.4. The van der Waals surface area contributed by atoms with Gasteiger partial charge in [0.1, 0.15) is 5.60 Å². The Bertz CT molecular complexity index is 1000. The van der Waals surface area contributed by atoms with E-state index >= 15 is 0 Å². The van der Waals surface area contributed by atoms with Crippen LogP contribution in [0.15, 0.2) is 61.2 Å². The highest BCUT2D eigenvalue weighted by molar-refractivity contribution is 5.45. The molecule has 0 aliphatic carbocycles. The fraction of sp³-hybridized carbons (Fsp3) is 0.375. The van der Waals surface area contributed by atoms with E-state index in [0.717, 1.165) is 18.5 Å². The van der Waals surface area contributed by atoms with E-state index in [1.54, 1.807) is 14.2 Å². The number of likely N-dealkylation sites (N-methyl/N-ethyl adjacent to an activating group) is 1. The van der Waals surface area contributed by atoms with E-state index in [1.165, 1.54) is 11.1 Å². The van der Waals surface area contributed by atoms with Gasteiger partial charge in [-0.15, -0.1) is 0 Å². The molecular formula is C24H29N3O3. The molecule has 3 aromatic rings. The first-order valence-corrected chi connectivity index (χ1v) is 10.1. The minimum Gasteiger partial charge on any atom is -0.493 e. The number of benzene rings is 2. The van der Waals surface area contributed by atoms with Gasteiger partial charge < -0.3 is 14.0 Å². The van der Waals surface area contributed by atoms with Crippen LogP contribution in [0.3, 0.4) is 0 Å². The summed E-state index contributed by atoms with van der Waals surface area (Å²) in [6.07, 6.45) is 6.44. The SMILES string of the molecule is COc1ccc(C2(C)CC(Cn3ccnc3)(c3ccc(C)cc3)N(C)O2)cc1OC. The number of imidazole rings is 1. The van der Waals surface area contributed by atoms with Crippen molar-refractivity contribution >= 4 is 0 Å². The van der Waals surface area contributed by atoms with E-state index in [0.29, 0.717) is 11.5 Å². The highest BCUT2D eigenvalue weighted by atomic mass is 16.7. The predicted octanol–water partition coefficient (Wildman–Crippen LogP) is 4.29. The van der Waals surface area contributed by atoms with E-state index in [9.17, 15) is 0 Å². The van der Waals surface area contributed by atoms with Gasteiger partial charge in [-0.3, -0.25) is 4.84 Å². The van der Waals surface area contributed by atoms with Crippen LogP contribution in [0, 0.1) is 6.92 Å². The quantitative estimate of drug-likeness (QED) is 0.610. The summed E-state index contributed by atoms with van der Waals surface area (Å²) in [5.74, 6) is 1.41. The Kier molecular flexibility index (Phi) is 5.30. The Hall–Kier alpha value is -2.83. The standard InChI is InChI=1S/C24H29N3O3/c1-18-6-8-19(9-7-18)24(16-27-13-12-25-17-27)15-23(2,30-26(24)3)20-10-11-21(28-4)22(14-20)29-5/h6-14,17H,15-16H2,1-5H3. The third kappa shape index (κ3) is 3.46. The normalized spacial score (nSPS) is 24.2. The van der Waals surface area contributed by atoms with Gasteiger partial charge in [0.2, 0.25) is 0 Å². The number of hydrogen-bond donors (Lipinski definition) is 0. The Morgan fingerprint density at radius 2 is 1.73 bits per heavy atom. The number of nitrogens with zero attached hydrogens (tertiary/aromatic N) is 3. The molecule has 0 saturated carbocycles. The van der Waals surface area contributed by atoms with Gasteiger partial charge in [0, 0.05) is 32.4 Å². The summed E-state index contributed by atoms with van der Waals surface area (Å²) in [6, 6.07) is 14.7. The molecule has 1 aromatic heterocycles. The van der Waals surface area contributed by atoms with Gasteiger partial charge in [-0.25, -0.2) is 4.98 Å². The lowest BCUT2D eigenvalue weighted by atomic mass is 9.78. The van der Waals surface area contributed by atoms with Gasteiger partial charge in [0.05, 0.1) is 26.1 Å². The average molecular weight is 408 g/mol. The summed E-state index contributed by atoms with van der Waals surface area (Å²) in [4.78, 5) is 10.8. The lowest BCUT2D eigenvalue weighted by Gasteiger charge is -2.35. The monoisotopic (exact) mass is 407 g/mol. The molecule has 0 bridgehead atoms. The minimum atomic E-state index is -0.528. The van der Waals surface area contributed by atoms with Crippen molar-refractivity contribution < 1.29 is 14.3 Å². The third-order valence-corrected chi connectivity index (χ3v) is 6.16. The number of aromatic nitrogens is 2. The molecule has 0 spiro atoms. The summed E-state index contributed by atoms with van der Waals surface area (Å²) >= 11 is 0. The van der Waals surface area contributed by atoms with Gasteiger partial charge in [0.25, 0.3) is 0 Å². The van der Waals surface area contributed by atoms with Crippen molar-refractivity contribution in [2.45, 2.75) is 38.0 Å². The molecule has 1 aliphatic rings. The Balaban J connectivity index is 1.78. The first-order chi connectivity index (χ1) is 14.4. The number of methoxy groups -OCH3 is 2. The highest BCUT2D eigenvalue weighted by Crippen LogP contribution is 2.51. The highest BCUT2D eigenvalue weighted by Gasteiger charge is 2.53. The van der Waals surface area contributed by atoms with Gasteiger partial charge in [-0.1, -0.05) is 35.9 Å². The minimum absolute atomic E-state index is 0.351. The third-order valence-electron chi connectivity index (χ3n) is 6.16. The molecule has 2 unspecified atom stereocenters. The number of ether oxygens (including phenoxy) is 2.